The predicted molar refractivity (Wildman–Crippen MR) is 90.3 cm³/mol. The molecule has 0 aliphatic carbocycles. The molecule has 0 amide bonds. The van der Waals surface area contributed by atoms with E-state index in [2.05, 4.69) is 17.1 Å². The fraction of sp³-hybridized carbons (Fsp3) is 0.133. The minimum Gasteiger partial charge on any atom is -0.302 e. The molecule has 0 atom stereocenters. The van der Waals surface area contributed by atoms with Crippen LogP contribution in [0.25, 0.3) is 0 Å². The van der Waals surface area contributed by atoms with Gasteiger partial charge in [-0.3, -0.25) is 0 Å². The molecule has 114 valence electrons. The van der Waals surface area contributed by atoms with E-state index >= 15 is 0 Å². The molecule has 4 nitrogen and oxygen atoms in total. The molecule has 1 heterocycles. The standard InChI is InChI=1S/C15H13ClN2O2S2/c16-22(19,20)13-6-7-14-15(10-13)21-18(11-17-14)9-8-12-4-2-1-3-5-12/h1-7,10-11H,8-9H2. The van der Waals surface area contributed by atoms with E-state index in [4.69, 9.17) is 10.7 Å². The van der Waals surface area contributed by atoms with Crippen molar-refractivity contribution in [2.75, 3.05) is 6.54 Å². The van der Waals surface area contributed by atoms with Crippen molar-refractivity contribution in [2.24, 2.45) is 4.99 Å². The van der Waals surface area contributed by atoms with Gasteiger partial charge in [-0.2, -0.15) is 0 Å². The number of rotatable bonds is 4. The maximum Gasteiger partial charge on any atom is 0.261 e. The Labute approximate surface area is 138 Å². The first-order valence-electron chi connectivity index (χ1n) is 6.64. The third-order valence-corrected chi connectivity index (χ3v) is 5.60. The summed E-state index contributed by atoms with van der Waals surface area (Å²) in [5.41, 5.74) is 2.00. The van der Waals surface area contributed by atoms with Crippen molar-refractivity contribution in [2.45, 2.75) is 16.2 Å². The largest absolute Gasteiger partial charge is 0.302 e. The second-order valence-electron chi connectivity index (χ2n) is 4.78. The van der Waals surface area contributed by atoms with Crippen LogP contribution in [0.1, 0.15) is 5.56 Å². The van der Waals surface area contributed by atoms with Gasteiger partial charge in [0.25, 0.3) is 9.05 Å². The summed E-state index contributed by atoms with van der Waals surface area (Å²) in [6.07, 6.45) is 2.66. The van der Waals surface area contributed by atoms with Crippen LogP contribution in [0.5, 0.6) is 0 Å². The zero-order valence-electron chi connectivity index (χ0n) is 11.5. The number of fused-ring (bicyclic) bond motifs is 1. The number of benzene rings is 2. The first-order valence-corrected chi connectivity index (χ1v) is 9.72. The normalized spacial score (nSPS) is 14.0. The van der Waals surface area contributed by atoms with Crippen molar-refractivity contribution in [1.82, 2.24) is 4.31 Å². The lowest BCUT2D eigenvalue weighted by atomic mass is 10.1. The molecule has 2 aromatic rings. The average Bonchev–Trinajstić information content (AvgIpc) is 2.52. The Kier molecular flexibility index (Phi) is 4.42. The summed E-state index contributed by atoms with van der Waals surface area (Å²) in [7, 11) is 1.67. The lowest BCUT2D eigenvalue weighted by molar-refractivity contribution is 0.609. The van der Waals surface area contributed by atoms with Crippen LogP contribution in [0.15, 0.2) is 63.3 Å². The number of hydrogen-bond donors (Lipinski definition) is 0. The van der Waals surface area contributed by atoms with Crippen molar-refractivity contribution >= 4 is 43.7 Å². The summed E-state index contributed by atoms with van der Waals surface area (Å²) in [4.78, 5) is 5.24. The topological polar surface area (TPSA) is 49.7 Å². The molecular weight excluding hydrogens is 340 g/mol. The molecule has 7 heteroatoms. The summed E-state index contributed by atoms with van der Waals surface area (Å²) in [5, 5.41) is 0. The van der Waals surface area contributed by atoms with Crippen molar-refractivity contribution in [3.05, 3.63) is 54.1 Å². The van der Waals surface area contributed by atoms with Gasteiger partial charge in [0.1, 0.15) is 6.34 Å². The Morgan fingerprint density at radius 2 is 1.91 bits per heavy atom. The molecule has 0 unspecified atom stereocenters. The van der Waals surface area contributed by atoms with E-state index in [1.54, 1.807) is 18.5 Å². The fourth-order valence-electron chi connectivity index (χ4n) is 2.09. The minimum atomic E-state index is -3.72. The molecule has 0 bridgehead atoms. The highest BCUT2D eigenvalue weighted by Crippen LogP contribution is 2.37. The van der Waals surface area contributed by atoms with E-state index in [1.165, 1.54) is 23.6 Å². The number of nitrogens with zero attached hydrogens (tertiary/aromatic N) is 2. The first-order chi connectivity index (χ1) is 10.5. The highest BCUT2D eigenvalue weighted by Gasteiger charge is 2.17. The van der Waals surface area contributed by atoms with Gasteiger partial charge in [-0.25, -0.2) is 13.4 Å². The van der Waals surface area contributed by atoms with E-state index < -0.39 is 9.05 Å². The summed E-state index contributed by atoms with van der Waals surface area (Å²) < 4.78 is 24.8. The molecule has 3 rings (SSSR count). The van der Waals surface area contributed by atoms with Gasteiger partial charge >= 0.3 is 0 Å². The molecule has 0 N–H and O–H groups in total. The Hall–Kier alpha value is -1.50. The maximum absolute atomic E-state index is 11.4. The van der Waals surface area contributed by atoms with Crippen LogP contribution in [0, 0.1) is 0 Å². The number of aliphatic imine (C=N–C) groups is 1. The second kappa shape index (κ2) is 6.32. The van der Waals surface area contributed by atoms with Crippen LogP contribution in [0.3, 0.4) is 0 Å². The second-order valence-corrected chi connectivity index (χ2v) is 8.44. The van der Waals surface area contributed by atoms with Gasteiger partial charge in [-0.1, -0.05) is 30.3 Å². The Balaban J connectivity index is 1.73. The molecule has 0 aromatic heterocycles. The average molecular weight is 353 g/mol. The molecule has 2 aromatic carbocycles. The molecule has 0 fully saturated rings. The smallest absolute Gasteiger partial charge is 0.261 e. The van der Waals surface area contributed by atoms with Crippen LogP contribution in [-0.4, -0.2) is 25.6 Å². The Morgan fingerprint density at radius 1 is 1.14 bits per heavy atom. The van der Waals surface area contributed by atoms with Gasteiger partial charge in [0.15, 0.2) is 0 Å². The van der Waals surface area contributed by atoms with Crippen LogP contribution < -0.4 is 0 Å². The number of hydrogen-bond acceptors (Lipinski definition) is 5. The quantitative estimate of drug-likeness (QED) is 0.619. The SMILES string of the molecule is O=S(=O)(Cl)c1ccc2c(c1)SN(CCc1ccccc1)C=N2. The van der Waals surface area contributed by atoms with Gasteiger partial charge in [0.05, 0.1) is 15.5 Å². The van der Waals surface area contributed by atoms with E-state index in [-0.39, 0.29) is 4.90 Å². The lowest BCUT2D eigenvalue weighted by Crippen LogP contribution is -2.18. The zero-order valence-corrected chi connectivity index (χ0v) is 13.9. The first kappa shape index (κ1) is 15.4. The van der Waals surface area contributed by atoms with Crippen molar-refractivity contribution in [3.8, 4) is 0 Å². The van der Waals surface area contributed by atoms with Gasteiger partial charge in [0.2, 0.25) is 0 Å². The number of halogens is 1. The molecule has 1 aliphatic heterocycles. The lowest BCUT2D eigenvalue weighted by Gasteiger charge is -2.23. The highest BCUT2D eigenvalue weighted by atomic mass is 35.7. The van der Waals surface area contributed by atoms with Crippen LogP contribution >= 0.6 is 22.6 Å². The van der Waals surface area contributed by atoms with Gasteiger partial charge in [0, 0.05) is 17.2 Å². The van der Waals surface area contributed by atoms with Crippen molar-refractivity contribution in [1.29, 1.82) is 0 Å². The van der Waals surface area contributed by atoms with Crippen LogP contribution in [0.2, 0.25) is 0 Å². The monoisotopic (exact) mass is 352 g/mol. The Morgan fingerprint density at radius 3 is 2.64 bits per heavy atom. The molecule has 0 radical (unpaired) electrons. The van der Waals surface area contributed by atoms with E-state index in [0.29, 0.717) is 0 Å². The summed E-state index contributed by atoms with van der Waals surface area (Å²) in [6.45, 7) is 0.787. The molecular formula is C15H13ClN2O2S2. The molecule has 22 heavy (non-hydrogen) atoms. The molecule has 0 saturated heterocycles. The third kappa shape index (κ3) is 3.63. The summed E-state index contributed by atoms with van der Waals surface area (Å²) >= 11 is 1.47. The van der Waals surface area contributed by atoms with E-state index in [1.807, 2.05) is 22.5 Å². The Bertz CT molecular complexity index is 808. The van der Waals surface area contributed by atoms with E-state index in [9.17, 15) is 8.42 Å². The third-order valence-electron chi connectivity index (χ3n) is 3.22. The predicted octanol–water partition coefficient (Wildman–Crippen LogP) is 3.84. The molecule has 1 aliphatic rings. The van der Waals surface area contributed by atoms with Crippen molar-refractivity contribution < 1.29 is 8.42 Å². The van der Waals surface area contributed by atoms with Gasteiger partial charge in [-0.15, -0.1) is 0 Å². The van der Waals surface area contributed by atoms with Crippen molar-refractivity contribution in [3.63, 3.8) is 0 Å². The maximum atomic E-state index is 11.4. The van der Waals surface area contributed by atoms with Gasteiger partial charge < -0.3 is 4.31 Å². The molecule has 0 spiro atoms. The zero-order chi connectivity index (χ0) is 15.6. The fourth-order valence-corrected chi connectivity index (χ4v) is 3.86. The minimum absolute atomic E-state index is 0.0977. The summed E-state index contributed by atoms with van der Waals surface area (Å²) in [6, 6.07) is 14.9. The van der Waals surface area contributed by atoms with Crippen LogP contribution in [0.4, 0.5) is 5.69 Å². The van der Waals surface area contributed by atoms with E-state index in [0.717, 1.165) is 23.5 Å². The summed E-state index contributed by atoms with van der Waals surface area (Å²) in [5.74, 6) is 0. The highest BCUT2D eigenvalue weighted by molar-refractivity contribution is 8.13. The molecule has 0 saturated carbocycles. The van der Waals surface area contributed by atoms with Crippen LogP contribution in [-0.2, 0) is 15.5 Å². The van der Waals surface area contributed by atoms with Gasteiger partial charge in [-0.05, 0) is 42.1 Å².